The number of amides is 3. The number of allylic oxidation sites excluding steroid dienone is 1. The van der Waals surface area contributed by atoms with Gasteiger partial charge in [0.25, 0.3) is 0 Å². The molecule has 3 N–H and O–H groups in total. The minimum Gasteiger partial charge on any atom is -0.496 e. The maximum absolute atomic E-state index is 14.3. The standard InChI is InChI=1S/C35H43N7O7/c1-34(2,3)49-33(47)36-26-15-9-7-5-6-8-12-21-19-35(21,32(45)46)37-30(43)27-18-22(20-41(27)31(26)44)42-39-29(38-40-42)25-16-17-28(48-4)24-14-11-10-13-23(24)25/h8,10-14,16-17,21-22,26-27H,5-7,9,15,18-20H2,1-4H3,(H,36,47)(H,37,43)(H,45,46)/b12-8-/t21-,22+,26-,27+,35+/m1/s1. The Balaban J connectivity index is 1.32. The van der Waals surface area contributed by atoms with Gasteiger partial charge in [0.15, 0.2) is 0 Å². The summed E-state index contributed by atoms with van der Waals surface area (Å²) in [6.45, 7) is 5.26. The highest BCUT2D eigenvalue weighted by Gasteiger charge is 2.61. The molecule has 49 heavy (non-hydrogen) atoms. The second-order valence-corrected chi connectivity index (χ2v) is 14.0. The molecule has 3 heterocycles. The average molecular weight is 674 g/mol. The number of rotatable bonds is 5. The van der Waals surface area contributed by atoms with Crippen LogP contribution in [0.1, 0.15) is 71.8 Å². The molecular formula is C35H43N7O7. The first-order chi connectivity index (χ1) is 23.4. The normalized spacial score (nSPS) is 26.8. The van der Waals surface area contributed by atoms with E-state index in [-0.39, 0.29) is 25.3 Å². The molecule has 260 valence electrons. The topological polar surface area (TPSA) is 178 Å². The van der Waals surface area contributed by atoms with E-state index in [1.165, 1.54) is 9.70 Å². The SMILES string of the molecule is COc1ccc(-c2nnn([C@H]3C[C@H]4C(=O)N[C@@]5(C(=O)O)C[C@H]5/C=C\CCCCC[C@@H](NC(=O)OC(C)(C)C)C(=O)N4C3)n2)c2ccccc12. The van der Waals surface area contributed by atoms with Crippen molar-refractivity contribution < 1.29 is 33.8 Å². The van der Waals surface area contributed by atoms with Crippen molar-refractivity contribution >= 4 is 34.6 Å². The number of benzene rings is 2. The Morgan fingerprint density at radius 2 is 1.86 bits per heavy atom. The van der Waals surface area contributed by atoms with E-state index < -0.39 is 53.1 Å². The fourth-order valence-corrected chi connectivity index (χ4v) is 6.83. The number of tetrazole rings is 1. The van der Waals surface area contributed by atoms with Gasteiger partial charge in [0.05, 0.1) is 13.2 Å². The van der Waals surface area contributed by atoms with Crippen molar-refractivity contribution in [3.05, 3.63) is 48.6 Å². The average Bonchev–Trinajstić information content (AvgIpc) is 3.36. The zero-order valence-corrected chi connectivity index (χ0v) is 28.2. The summed E-state index contributed by atoms with van der Waals surface area (Å²) in [5.74, 6) is -1.44. The van der Waals surface area contributed by atoms with E-state index in [1.54, 1.807) is 27.9 Å². The number of fused-ring (bicyclic) bond motifs is 3. The molecule has 0 unspecified atom stereocenters. The lowest BCUT2D eigenvalue weighted by Gasteiger charge is -2.30. The first kappa shape index (κ1) is 33.9. The number of ether oxygens (including phenoxy) is 2. The molecule has 2 aliphatic heterocycles. The number of hydrogen-bond acceptors (Lipinski definition) is 9. The highest BCUT2D eigenvalue weighted by atomic mass is 16.6. The van der Waals surface area contributed by atoms with Crippen molar-refractivity contribution in [2.75, 3.05) is 13.7 Å². The summed E-state index contributed by atoms with van der Waals surface area (Å²) in [6.07, 6.45) is 6.85. The smallest absolute Gasteiger partial charge is 0.408 e. The molecule has 5 atom stereocenters. The Kier molecular flexibility index (Phi) is 9.32. The van der Waals surface area contributed by atoms with Crippen LogP contribution in [0, 0.1) is 5.92 Å². The molecule has 6 rings (SSSR count). The van der Waals surface area contributed by atoms with Gasteiger partial charge in [-0.05, 0) is 69.2 Å². The van der Waals surface area contributed by atoms with Crippen molar-refractivity contribution in [1.29, 1.82) is 0 Å². The molecule has 3 aliphatic rings. The maximum Gasteiger partial charge on any atom is 0.408 e. The quantitative estimate of drug-likeness (QED) is 0.335. The van der Waals surface area contributed by atoms with Gasteiger partial charge in [0.2, 0.25) is 17.6 Å². The number of carbonyl (C=O) groups excluding carboxylic acids is 3. The lowest BCUT2D eigenvalue weighted by Crippen LogP contribution is -2.56. The van der Waals surface area contributed by atoms with Gasteiger partial charge in [-0.3, -0.25) is 9.59 Å². The Labute approximate surface area is 284 Å². The molecule has 2 fully saturated rings. The van der Waals surface area contributed by atoms with Crippen LogP contribution >= 0.6 is 0 Å². The third-order valence-electron chi connectivity index (χ3n) is 9.43. The Morgan fingerprint density at radius 1 is 1.08 bits per heavy atom. The predicted octanol–water partition coefficient (Wildman–Crippen LogP) is 4.02. The summed E-state index contributed by atoms with van der Waals surface area (Å²) in [6, 6.07) is 8.86. The fourth-order valence-electron chi connectivity index (χ4n) is 6.83. The highest BCUT2D eigenvalue weighted by molar-refractivity contribution is 5.99. The molecular weight excluding hydrogens is 630 g/mol. The monoisotopic (exact) mass is 673 g/mol. The van der Waals surface area contributed by atoms with Gasteiger partial charge >= 0.3 is 12.1 Å². The van der Waals surface area contributed by atoms with Gasteiger partial charge in [-0.1, -0.05) is 49.3 Å². The first-order valence-corrected chi connectivity index (χ1v) is 16.8. The molecule has 2 aromatic carbocycles. The van der Waals surface area contributed by atoms with E-state index in [0.29, 0.717) is 24.4 Å². The second kappa shape index (κ2) is 13.5. The molecule has 0 bridgehead atoms. The lowest BCUT2D eigenvalue weighted by atomic mass is 10.0. The number of carboxylic acids is 1. The lowest BCUT2D eigenvalue weighted by molar-refractivity contribution is -0.145. The number of methoxy groups -OCH3 is 1. The van der Waals surface area contributed by atoms with E-state index in [2.05, 4.69) is 26.0 Å². The number of aliphatic carboxylic acids is 1. The number of aromatic nitrogens is 4. The van der Waals surface area contributed by atoms with Crippen LogP contribution in [0.4, 0.5) is 4.79 Å². The Hall–Kier alpha value is -5.01. The Morgan fingerprint density at radius 3 is 2.59 bits per heavy atom. The van der Waals surface area contributed by atoms with Crippen LogP contribution in [-0.2, 0) is 19.1 Å². The molecule has 1 aliphatic carbocycles. The predicted molar refractivity (Wildman–Crippen MR) is 178 cm³/mol. The zero-order chi connectivity index (χ0) is 34.9. The van der Waals surface area contributed by atoms with Crippen LogP contribution in [0.25, 0.3) is 22.2 Å². The number of alkyl carbamates (subject to hydrolysis) is 1. The number of nitrogens with zero attached hydrogens (tertiary/aromatic N) is 5. The van der Waals surface area contributed by atoms with Gasteiger partial charge in [0.1, 0.15) is 29.0 Å². The molecule has 14 nitrogen and oxygen atoms in total. The Bertz CT molecular complexity index is 1780. The minimum absolute atomic E-state index is 0.0476. The summed E-state index contributed by atoms with van der Waals surface area (Å²) in [5, 5.41) is 30.8. The van der Waals surface area contributed by atoms with E-state index in [9.17, 15) is 24.3 Å². The second-order valence-electron chi connectivity index (χ2n) is 14.0. The van der Waals surface area contributed by atoms with Crippen molar-refractivity contribution in [2.45, 2.75) is 95.0 Å². The molecule has 1 saturated heterocycles. The first-order valence-electron chi connectivity index (χ1n) is 16.8. The van der Waals surface area contributed by atoms with Crippen LogP contribution in [0.3, 0.4) is 0 Å². The molecule has 1 saturated carbocycles. The number of nitrogens with one attached hydrogen (secondary N) is 2. The molecule has 14 heteroatoms. The van der Waals surface area contributed by atoms with Crippen molar-refractivity contribution in [3.63, 3.8) is 0 Å². The number of carbonyl (C=O) groups is 4. The summed E-state index contributed by atoms with van der Waals surface area (Å²) in [5.41, 5.74) is -1.48. The summed E-state index contributed by atoms with van der Waals surface area (Å²) in [7, 11) is 1.61. The minimum atomic E-state index is -1.44. The van der Waals surface area contributed by atoms with E-state index in [4.69, 9.17) is 9.47 Å². The van der Waals surface area contributed by atoms with Crippen molar-refractivity contribution in [1.82, 2.24) is 35.7 Å². The van der Waals surface area contributed by atoms with Crippen LogP contribution in [0.15, 0.2) is 48.6 Å². The third-order valence-corrected chi connectivity index (χ3v) is 9.43. The summed E-state index contributed by atoms with van der Waals surface area (Å²) in [4.78, 5) is 56.4. The van der Waals surface area contributed by atoms with E-state index >= 15 is 0 Å². The summed E-state index contributed by atoms with van der Waals surface area (Å²) < 4.78 is 11.0. The van der Waals surface area contributed by atoms with Gasteiger partial charge in [-0.2, -0.15) is 4.80 Å². The maximum atomic E-state index is 14.3. The molecule has 3 amide bonds. The number of hydrogen-bond donors (Lipinski definition) is 3. The van der Waals surface area contributed by atoms with Gasteiger partial charge in [-0.15, -0.1) is 10.2 Å². The zero-order valence-electron chi connectivity index (χ0n) is 28.2. The molecule has 0 spiro atoms. The third kappa shape index (κ3) is 7.08. The van der Waals surface area contributed by atoms with Crippen LogP contribution in [0.5, 0.6) is 5.75 Å². The van der Waals surface area contributed by atoms with Crippen LogP contribution in [-0.4, -0.2) is 91.0 Å². The molecule has 0 radical (unpaired) electrons. The van der Waals surface area contributed by atoms with Crippen LogP contribution < -0.4 is 15.4 Å². The van der Waals surface area contributed by atoms with E-state index in [0.717, 1.165) is 35.6 Å². The van der Waals surface area contributed by atoms with Gasteiger partial charge < -0.3 is 30.1 Å². The fraction of sp³-hybridized carbons (Fsp3) is 0.514. The van der Waals surface area contributed by atoms with Crippen molar-refractivity contribution in [2.24, 2.45) is 5.92 Å². The number of carboxylic acid groups (broad SMARTS) is 1. The molecule has 3 aromatic rings. The van der Waals surface area contributed by atoms with Crippen molar-refractivity contribution in [3.8, 4) is 17.1 Å². The molecule has 1 aromatic heterocycles. The summed E-state index contributed by atoms with van der Waals surface area (Å²) >= 11 is 0. The van der Waals surface area contributed by atoms with E-state index in [1.807, 2.05) is 48.6 Å². The van der Waals surface area contributed by atoms with Gasteiger partial charge in [0, 0.05) is 29.8 Å². The highest BCUT2D eigenvalue weighted by Crippen LogP contribution is 2.45. The van der Waals surface area contributed by atoms with Crippen LogP contribution in [0.2, 0.25) is 0 Å². The van der Waals surface area contributed by atoms with Gasteiger partial charge in [-0.25, -0.2) is 9.59 Å². The largest absolute Gasteiger partial charge is 0.496 e.